The predicted molar refractivity (Wildman–Crippen MR) is 95.7 cm³/mol. The van der Waals surface area contributed by atoms with Crippen LogP contribution in [0.5, 0.6) is 0 Å². The molecule has 0 saturated carbocycles. The first-order valence-electron chi connectivity index (χ1n) is 7.13. The monoisotopic (exact) mass is 298 g/mol. The minimum Gasteiger partial charge on any atom is -0.376 e. The van der Waals surface area contributed by atoms with Gasteiger partial charge in [0.05, 0.1) is 11.9 Å². The van der Waals surface area contributed by atoms with Crippen LogP contribution in [0, 0.1) is 13.8 Å². The van der Waals surface area contributed by atoms with Crippen molar-refractivity contribution in [2.75, 3.05) is 19.0 Å². The van der Waals surface area contributed by atoms with E-state index in [9.17, 15) is 4.79 Å². The van der Waals surface area contributed by atoms with Gasteiger partial charge in [-0.1, -0.05) is 29.8 Å². The van der Waals surface area contributed by atoms with Crippen LogP contribution >= 0.6 is 0 Å². The van der Waals surface area contributed by atoms with Crippen molar-refractivity contribution in [1.29, 1.82) is 0 Å². The molecule has 0 radical (unpaired) electrons. The topological polar surface area (TPSA) is 33.2 Å². The van der Waals surface area contributed by atoms with Gasteiger partial charge in [-0.05, 0) is 38.5 Å². The number of carbonyl (C=O) groups excluding carboxylic acids is 1. The lowest BCUT2D eigenvalue weighted by molar-refractivity contribution is 0.112. The third-order valence-corrected chi connectivity index (χ3v) is 2.71. The Kier molecular flexibility index (Phi) is 10.0. The van der Waals surface area contributed by atoms with E-state index in [1.54, 1.807) is 12.3 Å². The van der Waals surface area contributed by atoms with Crippen LogP contribution < -0.4 is 4.90 Å². The number of allylic oxidation sites excluding steroid dienone is 1. The summed E-state index contributed by atoms with van der Waals surface area (Å²) in [5, 5.41) is 0. The molecule has 0 unspecified atom stereocenters. The molecule has 3 heteroatoms. The zero-order valence-corrected chi connectivity index (χ0v) is 14.2. The lowest BCUT2D eigenvalue weighted by Gasteiger charge is -2.09. The molecule has 22 heavy (non-hydrogen) atoms. The van der Waals surface area contributed by atoms with Gasteiger partial charge in [0.2, 0.25) is 0 Å². The molecule has 0 atom stereocenters. The van der Waals surface area contributed by atoms with E-state index < -0.39 is 0 Å². The molecule has 0 amide bonds. The van der Waals surface area contributed by atoms with Gasteiger partial charge in [-0.2, -0.15) is 0 Å². The largest absolute Gasteiger partial charge is 0.376 e. The van der Waals surface area contributed by atoms with Crippen LogP contribution in [0.1, 0.15) is 28.4 Å². The molecule has 0 saturated heterocycles. The highest BCUT2D eigenvalue weighted by molar-refractivity contribution is 5.77. The van der Waals surface area contributed by atoms with Gasteiger partial charge in [-0.25, -0.2) is 0 Å². The number of rotatable bonds is 2. The van der Waals surface area contributed by atoms with E-state index in [-0.39, 0.29) is 0 Å². The minimum absolute atomic E-state index is 0.783. The maximum absolute atomic E-state index is 10.3. The van der Waals surface area contributed by atoms with E-state index in [1.165, 1.54) is 5.56 Å². The van der Waals surface area contributed by atoms with Crippen molar-refractivity contribution in [2.45, 2.75) is 20.8 Å². The number of hydrogen-bond donors (Lipinski definition) is 0. The molecule has 1 aromatic carbocycles. The molecule has 0 aliphatic carbocycles. The Hall–Kier alpha value is -2.42. The summed E-state index contributed by atoms with van der Waals surface area (Å²) in [6, 6.07) is 9.74. The molecule has 0 spiro atoms. The number of carbonyl (C=O) groups is 1. The number of aromatic nitrogens is 1. The summed E-state index contributed by atoms with van der Waals surface area (Å²) in [4.78, 5) is 16.3. The minimum atomic E-state index is 0.783. The Morgan fingerprint density at radius 3 is 2.18 bits per heavy atom. The summed E-state index contributed by atoms with van der Waals surface area (Å²) in [5.74, 6) is 0. The van der Waals surface area contributed by atoms with E-state index in [0.717, 1.165) is 23.1 Å². The fourth-order valence-corrected chi connectivity index (χ4v) is 1.58. The molecular formula is C19H26N2O. The molecule has 0 aliphatic heterocycles. The molecule has 118 valence electrons. The van der Waals surface area contributed by atoms with Crippen molar-refractivity contribution < 1.29 is 4.79 Å². The maximum atomic E-state index is 10.3. The van der Waals surface area contributed by atoms with Crippen molar-refractivity contribution in [3.63, 3.8) is 0 Å². The molecule has 1 aromatic heterocycles. The zero-order chi connectivity index (χ0) is 17.0. The summed E-state index contributed by atoms with van der Waals surface area (Å²) in [6.45, 7) is 9.21. The predicted octanol–water partition coefficient (Wildman–Crippen LogP) is 4.46. The molecule has 1 heterocycles. The zero-order valence-electron chi connectivity index (χ0n) is 14.2. The molecule has 3 nitrogen and oxygen atoms in total. The standard InChI is InChI=1S/C9H10O.C7H10N2.C3H6/c1-7-3-4-9(6-10)8(2)5-7;1-9(2)7-4-3-5-8-6-7;1-3-2/h3-6H,1-2H3;3-6H,1-2H3;3H,1H2,2H3. The second-order valence-electron chi connectivity index (χ2n) is 4.99. The van der Waals surface area contributed by atoms with Crippen LogP contribution in [0.25, 0.3) is 0 Å². The Balaban J connectivity index is 0.000000342. The van der Waals surface area contributed by atoms with Crippen molar-refractivity contribution in [3.05, 3.63) is 72.1 Å². The molecule has 2 aromatic rings. The van der Waals surface area contributed by atoms with Crippen molar-refractivity contribution in [2.24, 2.45) is 0 Å². The van der Waals surface area contributed by atoms with Gasteiger partial charge in [0, 0.05) is 25.9 Å². The number of anilines is 1. The third-order valence-electron chi connectivity index (χ3n) is 2.71. The van der Waals surface area contributed by atoms with Gasteiger partial charge in [0.15, 0.2) is 0 Å². The Morgan fingerprint density at radius 1 is 1.18 bits per heavy atom. The fourth-order valence-electron chi connectivity index (χ4n) is 1.58. The lowest BCUT2D eigenvalue weighted by Crippen LogP contribution is -2.08. The highest BCUT2D eigenvalue weighted by Gasteiger charge is 1.93. The van der Waals surface area contributed by atoms with Crippen LogP contribution in [0.3, 0.4) is 0 Å². The number of nitrogens with zero attached hydrogens (tertiary/aromatic N) is 2. The van der Waals surface area contributed by atoms with Crippen molar-refractivity contribution in [1.82, 2.24) is 4.98 Å². The van der Waals surface area contributed by atoms with E-state index in [4.69, 9.17) is 0 Å². The molecular weight excluding hydrogens is 272 g/mol. The number of aryl methyl sites for hydroxylation is 2. The quantitative estimate of drug-likeness (QED) is 0.606. The summed E-state index contributed by atoms with van der Waals surface area (Å²) >= 11 is 0. The molecule has 2 rings (SSSR count). The van der Waals surface area contributed by atoms with Gasteiger partial charge in [-0.15, -0.1) is 6.58 Å². The van der Waals surface area contributed by atoms with Crippen LogP contribution in [-0.2, 0) is 0 Å². The second-order valence-corrected chi connectivity index (χ2v) is 4.99. The number of hydrogen-bond acceptors (Lipinski definition) is 3. The molecule has 0 aliphatic rings. The first-order chi connectivity index (χ1) is 10.5. The Bertz CT molecular complexity index is 563. The summed E-state index contributed by atoms with van der Waals surface area (Å²) in [5.41, 5.74) is 4.17. The first kappa shape index (κ1) is 19.6. The number of aldehydes is 1. The van der Waals surface area contributed by atoms with Gasteiger partial charge in [0.1, 0.15) is 6.29 Å². The molecule has 0 N–H and O–H groups in total. The summed E-state index contributed by atoms with van der Waals surface area (Å²) in [6.07, 6.45) is 6.24. The Morgan fingerprint density at radius 2 is 1.82 bits per heavy atom. The maximum Gasteiger partial charge on any atom is 0.150 e. The van der Waals surface area contributed by atoms with Gasteiger partial charge < -0.3 is 4.90 Å². The Labute approximate surface area is 134 Å². The third kappa shape index (κ3) is 8.00. The van der Waals surface area contributed by atoms with Crippen molar-refractivity contribution >= 4 is 12.0 Å². The summed E-state index contributed by atoms with van der Waals surface area (Å²) in [7, 11) is 3.99. The van der Waals surface area contributed by atoms with E-state index in [1.807, 2.05) is 76.3 Å². The SMILES string of the molecule is C=CC.CN(C)c1cccnc1.Cc1ccc(C=O)c(C)c1. The number of benzene rings is 1. The lowest BCUT2D eigenvalue weighted by atomic mass is 10.1. The first-order valence-corrected chi connectivity index (χ1v) is 7.13. The van der Waals surface area contributed by atoms with Crippen LogP contribution in [0.4, 0.5) is 5.69 Å². The smallest absolute Gasteiger partial charge is 0.150 e. The van der Waals surface area contributed by atoms with Crippen LogP contribution in [-0.4, -0.2) is 25.4 Å². The average molecular weight is 298 g/mol. The fraction of sp³-hybridized carbons (Fsp3) is 0.263. The van der Waals surface area contributed by atoms with E-state index in [0.29, 0.717) is 0 Å². The van der Waals surface area contributed by atoms with Crippen LogP contribution in [0.15, 0.2) is 55.4 Å². The average Bonchev–Trinajstić information content (AvgIpc) is 2.50. The highest BCUT2D eigenvalue weighted by Crippen LogP contribution is 2.07. The van der Waals surface area contributed by atoms with E-state index in [2.05, 4.69) is 11.6 Å². The van der Waals surface area contributed by atoms with Gasteiger partial charge >= 0.3 is 0 Å². The van der Waals surface area contributed by atoms with Gasteiger partial charge in [0.25, 0.3) is 0 Å². The van der Waals surface area contributed by atoms with Gasteiger partial charge in [-0.3, -0.25) is 9.78 Å². The van der Waals surface area contributed by atoms with Crippen LogP contribution in [0.2, 0.25) is 0 Å². The normalized spacial score (nSPS) is 8.59. The van der Waals surface area contributed by atoms with Crippen molar-refractivity contribution in [3.8, 4) is 0 Å². The second kappa shape index (κ2) is 11.3. The number of pyridine rings is 1. The van der Waals surface area contributed by atoms with E-state index >= 15 is 0 Å². The molecule has 0 fully saturated rings. The highest BCUT2D eigenvalue weighted by atomic mass is 16.1. The molecule has 0 bridgehead atoms. The summed E-state index contributed by atoms with van der Waals surface area (Å²) < 4.78 is 0.